The van der Waals surface area contributed by atoms with Gasteiger partial charge in [-0.25, -0.2) is 16.8 Å². The van der Waals surface area contributed by atoms with Crippen molar-refractivity contribution in [1.29, 1.82) is 0 Å². The van der Waals surface area contributed by atoms with Crippen LogP contribution in [-0.4, -0.2) is 45.7 Å². The molecule has 162 valence electrons. The molecule has 0 fully saturated rings. The summed E-state index contributed by atoms with van der Waals surface area (Å²) in [6.45, 7) is -1.99. The number of fused-ring (bicyclic) bond motifs is 1. The number of alkyl halides is 4. The summed E-state index contributed by atoms with van der Waals surface area (Å²) in [5, 5.41) is 6.00. The number of ether oxygens (including phenoxy) is 1. The molecule has 0 atom stereocenters. The fraction of sp³-hybridized carbons (Fsp3) is 0.235. The molecule has 1 heterocycles. The van der Waals surface area contributed by atoms with E-state index in [1.165, 1.54) is 25.1 Å². The number of nitrogens with one attached hydrogen (secondary N) is 1. The zero-order valence-electron chi connectivity index (χ0n) is 15.4. The third-order valence-electron chi connectivity index (χ3n) is 4.26. The minimum atomic E-state index is -4.89. The number of aromatic amines is 1. The highest BCUT2D eigenvalue weighted by Gasteiger charge is 2.29. The molecule has 2 aromatic carbocycles. The first-order valence-electron chi connectivity index (χ1n) is 8.13. The molecule has 1 aromatic heterocycles. The molecule has 0 aliphatic carbocycles. The SMILES string of the molecule is Cc1cc(-c2c(S(C)(=O)=O)ccc3[nH]nc(OC(F)F)c23)ccc1S(=O)(=O)C(F)F. The van der Waals surface area contributed by atoms with Gasteiger partial charge in [-0.05, 0) is 36.2 Å². The smallest absolute Gasteiger partial charge is 0.388 e. The van der Waals surface area contributed by atoms with E-state index in [9.17, 15) is 34.4 Å². The maximum absolute atomic E-state index is 12.9. The van der Waals surface area contributed by atoms with Crippen LogP contribution in [0.4, 0.5) is 17.6 Å². The fourth-order valence-electron chi connectivity index (χ4n) is 3.05. The molecule has 13 heteroatoms. The van der Waals surface area contributed by atoms with E-state index in [4.69, 9.17) is 0 Å². The number of aromatic nitrogens is 2. The lowest BCUT2D eigenvalue weighted by Gasteiger charge is -2.14. The topological polar surface area (TPSA) is 106 Å². The molecule has 0 aliphatic rings. The van der Waals surface area contributed by atoms with Crippen molar-refractivity contribution in [3.8, 4) is 17.0 Å². The summed E-state index contributed by atoms with van der Waals surface area (Å²) >= 11 is 0. The van der Waals surface area contributed by atoms with Crippen LogP contribution in [0.15, 0.2) is 40.1 Å². The lowest BCUT2D eigenvalue weighted by molar-refractivity contribution is -0.0518. The van der Waals surface area contributed by atoms with Gasteiger partial charge in [0, 0.05) is 11.8 Å². The van der Waals surface area contributed by atoms with Crippen molar-refractivity contribution in [2.75, 3.05) is 6.26 Å². The lowest BCUT2D eigenvalue weighted by Crippen LogP contribution is -2.12. The Kier molecular flexibility index (Phi) is 5.54. The van der Waals surface area contributed by atoms with Gasteiger partial charge in [0.05, 0.1) is 20.7 Å². The Morgan fingerprint density at radius 2 is 1.63 bits per heavy atom. The van der Waals surface area contributed by atoms with Crippen molar-refractivity contribution in [3.63, 3.8) is 0 Å². The Balaban J connectivity index is 2.37. The van der Waals surface area contributed by atoms with E-state index in [1.807, 2.05) is 0 Å². The van der Waals surface area contributed by atoms with Crippen molar-refractivity contribution in [3.05, 3.63) is 35.9 Å². The van der Waals surface area contributed by atoms with Crippen LogP contribution in [0.5, 0.6) is 5.88 Å². The number of rotatable bonds is 6. The van der Waals surface area contributed by atoms with Crippen LogP contribution in [0.3, 0.4) is 0 Å². The molecule has 0 amide bonds. The second-order valence-electron chi connectivity index (χ2n) is 6.33. The van der Waals surface area contributed by atoms with Crippen molar-refractivity contribution < 1.29 is 39.1 Å². The van der Waals surface area contributed by atoms with Crippen molar-refractivity contribution in [1.82, 2.24) is 10.2 Å². The third kappa shape index (κ3) is 3.86. The Morgan fingerprint density at radius 1 is 1.00 bits per heavy atom. The summed E-state index contributed by atoms with van der Waals surface area (Å²) in [7, 11) is -8.78. The van der Waals surface area contributed by atoms with E-state index in [0.29, 0.717) is 0 Å². The highest BCUT2D eigenvalue weighted by molar-refractivity contribution is 7.91. The second kappa shape index (κ2) is 7.54. The Bertz CT molecular complexity index is 1340. The van der Waals surface area contributed by atoms with Gasteiger partial charge in [-0.15, -0.1) is 5.10 Å². The molecule has 0 saturated carbocycles. The molecular weight excluding hydrogens is 452 g/mol. The number of H-pyrrole nitrogens is 1. The quantitative estimate of drug-likeness (QED) is 0.557. The standard InChI is InChI=1S/C17H14F4N2O5S2/c1-8-7-9(3-5-11(8)30(26,27)17(20)21)13-12(29(2,24)25)6-4-10-14(13)15(23-22-10)28-16(18)19/h3-7,16-17H,1-2H3,(H,22,23). The minimum Gasteiger partial charge on any atom is -0.415 e. The van der Waals surface area contributed by atoms with Gasteiger partial charge in [0.2, 0.25) is 15.7 Å². The average Bonchev–Trinajstić information content (AvgIpc) is 3.02. The minimum absolute atomic E-state index is 0.0796. The van der Waals surface area contributed by atoms with Gasteiger partial charge in [0.15, 0.2) is 9.84 Å². The average molecular weight is 466 g/mol. The number of sulfone groups is 2. The first-order chi connectivity index (χ1) is 13.8. The highest BCUT2D eigenvalue weighted by Crippen LogP contribution is 2.40. The van der Waals surface area contributed by atoms with Crippen LogP contribution in [0.1, 0.15) is 5.56 Å². The van der Waals surface area contributed by atoms with Crippen LogP contribution in [0.25, 0.3) is 22.0 Å². The first-order valence-corrected chi connectivity index (χ1v) is 11.6. The van der Waals surface area contributed by atoms with Gasteiger partial charge in [-0.2, -0.15) is 17.6 Å². The summed E-state index contributed by atoms with van der Waals surface area (Å²) in [6, 6.07) is 5.73. The van der Waals surface area contributed by atoms with E-state index in [2.05, 4.69) is 14.9 Å². The number of benzene rings is 2. The van der Waals surface area contributed by atoms with E-state index < -0.39 is 42.8 Å². The van der Waals surface area contributed by atoms with Gasteiger partial charge in [-0.1, -0.05) is 12.1 Å². The number of nitrogens with zero attached hydrogens (tertiary/aromatic N) is 1. The van der Waals surface area contributed by atoms with E-state index in [0.717, 1.165) is 18.4 Å². The summed E-state index contributed by atoms with van der Waals surface area (Å²) in [4.78, 5) is -0.898. The van der Waals surface area contributed by atoms with E-state index in [1.54, 1.807) is 0 Å². The molecule has 0 unspecified atom stereocenters. The number of hydrogen-bond donors (Lipinski definition) is 1. The monoisotopic (exact) mass is 466 g/mol. The van der Waals surface area contributed by atoms with Gasteiger partial charge >= 0.3 is 12.4 Å². The predicted molar refractivity (Wildman–Crippen MR) is 99.2 cm³/mol. The maximum Gasteiger partial charge on any atom is 0.388 e. The molecule has 3 aromatic rings. The molecule has 30 heavy (non-hydrogen) atoms. The van der Waals surface area contributed by atoms with Crippen molar-refractivity contribution in [2.45, 2.75) is 29.1 Å². The predicted octanol–water partition coefficient (Wildman–Crippen LogP) is 3.54. The zero-order chi connectivity index (χ0) is 22.4. The fourth-order valence-corrected chi connectivity index (χ4v) is 4.91. The summed E-state index contributed by atoms with van der Waals surface area (Å²) in [5.74, 6) is -4.21. The molecule has 0 aliphatic heterocycles. The van der Waals surface area contributed by atoms with E-state index >= 15 is 0 Å². The van der Waals surface area contributed by atoms with Gasteiger partial charge in [0.25, 0.3) is 0 Å². The number of halogens is 4. The van der Waals surface area contributed by atoms with Gasteiger partial charge in [0.1, 0.15) is 0 Å². The van der Waals surface area contributed by atoms with E-state index in [-0.39, 0.29) is 32.5 Å². The summed E-state index contributed by atoms with van der Waals surface area (Å²) in [5.41, 5.74) is 0.106. The second-order valence-corrected chi connectivity index (χ2v) is 10.2. The third-order valence-corrected chi connectivity index (χ3v) is 6.94. The van der Waals surface area contributed by atoms with Crippen LogP contribution in [-0.2, 0) is 19.7 Å². The molecule has 0 radical (unpaired) electrons. The summed E-state index contributed by atoms with van der Waals surface area (Å²) < 4.78 is 104. The largest absolute Gasteiger partial charge is 0.415 e. The number of hydrogen-bond acceptors (Lipinski definition) is 6. The zero-order valence-corrected chi connectivity index (χ0v) is 17.0. The van der Waals surface area contributed by atoms with Crippen LogP contribution in [0.2, 0.25) is 0 Å². The van der Waals surface area contributed by atoms with Gasteiger partial charge < -0.3 is 4.74 Å². The van der Waals surface area contributed by atoms with Crippen molar-refractivity contribution in [2.24, 2.45) is 0 Å². The van der Waals surface area contributed by atoms with Crippen LogP contribution < -0.4 is 4.74 Å². The Hall–Kier alpha value is -2.67. The molecular formula is C17H14F4N2O5S2. The molecule has 0 saturated heterocycles. The molecule has 1 N–H and O–H groups in total. The van der Waals surface area contributed by atoms with Crippen LogP contribution >= 0.6 is 0 Å². The molecule has 3 rings (SSSR count). The van der Waals surface area contributed by atoms with Gasteiger partial charge in [-0.3, -0.25) is 5.10 Å². The first kappa shape index (κ1) is 22.0. The molecule has 0 bridgehead atoms. The normalized spacial score (nSPS) is 12.8. The molecule has 0 spiro atoms. The Morgan fingerprint density at radius 3 is 2.17 bits per heavy atom. The maximum atomic E-state index is 12.9. The Labute approximate surface area is 168 Å². The lowest BCUT2D eigenvalue weighted by atomic mass is 10.00. The van der Waals surface area contributed by atoms with Crippen LogP contribution in [0, 0.1) is 6.92 Å². The molecule has 7 nitrogen and oxygen atoms in total. The number of aryl methyl sites for hydroxylation is 1. The highest BCUT2D eigenvalue weighted by atomic mass is 32.2. The van der Waals surface area contributed by atoms with Crippen molar-refractivity contribution >= 4 is 30.6 Å². The summed E-state index contributed by atoms with van der Waals surface area (Å²) in [6.07, 6.45) is 0.897.